The van der Waals surface area contributed by atoms with Crippen molar-refractivity contribution in [2.75, 3.05) is 13.1 Å². The smallest absolute Gasteiger partial charge is 0.256 e. The molecule has 0 bridgehead atoms. The van der Waals surface area contributed by atoms with Crippen molar-refractivity contribution < 1.29 is 19.9 Å². The quantitative estimate of drug-likeness (QED) is 0.327. The summed E-state index contributed by atoms with van der Waals surface area (Å²) in [6, 6.07) is 0. The van der Waals surface area contributed by atoms with Gasteiger partial charge in [-0.1, -0.05) is 0 Å². The van der Waals surface area contributed by atoms with Crippen LogP contribution in [-0.4, -0.2) is 52.1 Å². The molecule has 14 heavy (non-hydrogen) atoms. The Morgan fingerprint density at radius 2 is 2.36 bits per heavy atom. The lowest BCUT2D eigenvalue weighted by Gasteiger charge is -2.10. The summed E-state index contributed by atoms with van der Waals surface area (Å²) in [4.78, 5) is 27.4. The Hall–Kier alpha value is -1.47. The fourth-order valence-corrected chi connectivity index (χ4v) is 1.73. The standard InChI is InChI=1S/C7H9N3O4/c11-3-2-10-4(12)1-8-6(10)5(3)7(13)9-14/h3,5,11,14H,1-2H2,(H,9,13). The van der Waals surface area contributed by atoms with Gasteiger partial charge in [-0.25, -0.2) is 5.48 Å². The van der Waals surface area contributed by atoms with Crippen LogP contribution in [0, 0.1) is 5.92 Å². The van der Waals surface area contributed by atoms with E-state index in [1.54, 1.807) is 0 Å². The Labute approximate surface area is 79.0 Å². The minimum atomic E-state index is -0.995. The van der Waals surface area contributed by atoms with E-state index in [4.69, 9.17) is 5.21 Å². The maximum Gasteiger partial charge on any atom is 0.256 e. The highest BCUT2D eigenvalue weighted by Gasteiger charge is 2.46. The molecule has 0 aliphatic carbocycles. The number of nitrogens with one attached hydrogen (secondary N) is 1. The Balaban J connectivity index is 2.26. The van der Waals surface area contributed by atoms with Gasteiger partial charge in [-0.3, -0.25) is 24.7 Å². The predicted octanol–water partition coefficient (Wildman–Crippen LogP) is -2.28. The summed E-state index contributed by atoms with van der Waals surface area (Å²) in [5.74, 6) is -1.67. The van der Waals surface area contributed by atoms with Crippen LogP contribution in [0.1, 0.15) is 0 Å². The molecule has 7 heteroatoms. The summed E-state index contributed by atoms with van der Waals surface area (Å²) in [5.41, 5.74) is 1.45. The first-order valence-electron chi connectivity index (χ1n) is 4.12. The van der Waals surface area contributed by atoms with Gasteiger partial charge in [-0.2, -0.15) is 0 Å². The largest absolute Gasteiger partial charge is 0.390 e. The van der Waals surface area contributed by atoms with E-state index in [0.717, 1.165) is 0 Å². The van der Waals surface area contributed by atoms with Crippen molar-refractivity contribution in [2.45, 2.75) is 6.10 Å². The van der Waals surface area contributed by atoms with Crippen LogP contribution in [0.25, 0.3) is 0 Å². The zero-order valence-electron chi connectivity index (χ0n) is 7.17. The van der Waals surface area contributed by atoms with Crippen molar-refractivity contribution >= 4 is 17.6 Å². The normalized spacial score (nSPS) is 30.3. The molecule has 2 heterocycles. The number of nitrogens with zero attached hydrogens (tertiary/aromatic N) is 2. The second kappa shape index (κ2) is 3.03. The second-order valence-electron chi connectivity index (χ2n) is 3.20. The number of aliphatic hydroxyl groups excluding tert-OH is 1. The minimum absolute atomic E-state index is 0.0112. The number of carbonyl (C=O) groups excluding carboxylic acids is 2. The van der Waals surface area contributed by atoms with Gasteiger partial charge in [0.15, 0.2) is 0 Å². The molecule has 2 atom stereocenters. The fraction of sp³-hybridized carbons (Fsp3) is 0.571. The molecule has 2 aliphatic rings. The van der Waals surface area contributed by atoms with Crippen LogP contribution >= 0.6 is 0 Å². The lowest BCUT2D eigenvalue weighted by atomic mass is 10.1. The number of hydrogen-bond donors (Lipinski definition) is 3. The molecule has 0 aromatic heterocycles. The maximum atomic E-state index is 11.2. The third kappa shape index (κ3) is 1.10. The van der Waals surface area contributed by atoms with Crippen LogP contribution in [0.4, 0.5) is 0 Å². The Morgan fingerprint density at radius 3 is 3.00 bits per heavy atom. The van der Waals surface area contributed by atoms with Crippen molar-refractivity contribution in [2.24, 2.45) is 10.9 Å². The molecule has 76 valence electrons. The number of hydroxylamine groups is 1. The Morgan fingerprint density at radius 1 is 1.64 bits per heavy atom. The molecule has 0 saturated carbocycles. The molecule has 0 aromatic carbocycles. The average Bonchev–Trinajstić information content (AvgIpc) is 2.65. The first-order valence-corrected chi connectivity index (χ1v) is 4.12. The van der Waals surface area contributed by atoms with Crippen LogP contribution < -0.4 is 5.48 Å². The summed E-state index contributed by atoms with van der Waals surface area (Å²) in [6.07, 6.45) is -0.995. The van der Waals surface area contributed by atoms with Crippen LogP contribution in [0.15, 0.2) is 4.99 Å². The topological polar surface area (TPSA) is 102 Å². The van der Waals surface area contributed by atoms with Crippen LogP contribution in [-0.2, 0) is 9.59 Å². The van der Waals surface area contributed by atoms with Gasteiger partial charge >= 0.3 is 0 Å². The number of aliphatic hydroxyl groups is 1. The first kappa shape index (κ1) is 9.10. The molecule has 0 aromatic rings. The Bertz CT molecular complexity index is 327. The van der Waals surface area contributed by atoms with E-state index in [-0.39, 0.29) is 24.8 Å². The molecular formula is C7H9N3O4. The predicted molar refractivity (Wildman–Crippen MR) is 43.4 cm³/mol. The highest BCUT2D eigenvalue weighted by atomic mass is 16.5. The van der Waals surface area contributed by atoms with Crippen molar-refractivity contribution in [3.63, 3.8) is 0 Å². The summed E-state index contributed by atoms with van der Waals surface area (Å²) >= 11 is 0. The number of hydrogen-bond acceptors (Lipinski definition) is 5. The summed E-state index contributed by atoms with van der Waals surface area (Å²) in [6.45, 7) is 0.0764. The molecule has 2 rings (SSSR count). The number of fused-ring (bicyclic) bond motifs is 1. The number of amides is 2. The van der Waals surface area contributed by atoms with Crippen molar-refractivity contribution in [1.82, 2.24) is 10.4 Å². The van der Waals surface area contributed by atoms with E-state index in [9.17, 15) is 14.7 Å². The van der Waals surface area contributed by atoms with Gasteiger partial charge in [0, 0.05) is 0 Å². The highest BCUT2D eigenvalue weighted by Crippen LogP contribution is 2.23. The maximum absolute atomic E-state index is 11.2. The number of aliphatic imine (C=N–C) groups is 1. The van der Waals surface area contributed by atoms with Crippen molar-refractivity contribution in [3.8, 4) is 0 Å². The van der Waals surface area contributed by atoms with Gasteiger partial charge < -0.3 is 5.11 Å². The lowest BCUT2D eigenvalue weighted by molar-refractivity contribution is -0.133. The van der Waals surface area contributed by atoms with Crippen molar-refractivity contribution in [3.05, 3.63) is 0 Å². The highest BCUT2D eigenvalue weighted by molar-refractivity contribution is 6.14. The van der Waals surface area contributed by atoms with Gasteiger partial charge in [0.25, 0.3) is 5.91 Å². The van der Waals surface area contributed by atoms with Crippen LogP contribution in [0.3, 0.4) is 0 Å². The van der Waals surface area contributed by atoms with E-state index in [1.807, 2.05) is 0 Å². The van der Waals surface area contributed by atoms with Gasteiger partial charge in [0.1, 0.15) is 18.3 Å². The minimum Gasteiger partial charge on any atom is -0.390 e. The average molecular weight is 199 g/mol. The van der Waals surface area contributed by atoms with E-state index < -0.39 is 17.9 Å². The summed E-state index contributed by atoms with van der Waals surface area (Å²) < 4.78 is 0. The van der Waals surface area contributed by atoms with E-state index in [0.29, 0.717) is 0 Å². The lowest BCUT2D eigenvalue weighted by Crippen LogP contribution is -2.37. The van der Waals surface area contributed by atoms with E-state index in [1.165, 1.54) is 10.4 Å². The number of rotatable bonds is 1. The molecule has 2 unspecified atom stereocenters. The SMILES string of the molecule is O=C(NO)C1C2=NCC(=O)N2CC1O. The van der Waals surface area contributed by atoms with Crippen LogP contribution in [0.5, 0.6) is 0 Å². The molecule has 2 amide bonds. The second-order valence-corrected chi connectivity index (χ2v) is 3.20. The summed E-state index contributed by atoms with van der Waals surface area (Å²) in [7, 11) is 0. The molecule has 1 saturated heterocycles. The van der Waals surface area contributed by atoms with Gasteiger partial charge in [-0.05, 0) is 0 Å². The van der Waals surface area contributed by atoms with Gasteiger partial charge in [0.2, 0.25) is 5.91 Å². The third-order valence-electron chi connectivity index (χ3n) is 2.38. The zero-order valence-corrected chi connectivity index (χ0v) is 7.17. The third-order valence-corrected chi connectivity index (χ3v) is 2.38. The molecule has 1 fully saturated rings. The van der Waals surface area contributed by atoms with Crippen molar-refractivity contribution in [1.29, 1.82) is 0 Å². The van der Waals surface area contributed by atoms with E-state index in [2.05, 4.69) is 4.99 Å². The van der Waals surface area contributed by atoms with E-state index >= 15 is 0 Å². The fourth-order valence-electron chi connectivity index (χ4n) is 1.73. The van der Waals surface area contributed by atoms with Gasteiger partial charge in [0.05, 0.1) is 12.6 Å². The molecule has 7 nitrogen and oxygen atoms in total. The first-order chi connectivity index (χ1) is 6.65. The van der Waals surface area contributed by atoms with Gasteiger partial charge in [-0.15, -0.1) is 0 Å². The molecule has 2 aliphatic heterocycles. The number of carbonyl (C=O) groups is 2. The summed E-state index contributed by atoms with van der Waals surface area (Å²) in [5, 5.41) is 17.9. The zero-order chi connectivity index (χ0) is 10.3. The molecular weight excluding hydrogens is 190 g/mol. The van der Waals surface area contributed by atoms with Crippen LogP contribution in [0.2, 0.25) is 0 Å². The molecule has 3 N–H and O–H groups in total. The Kier molecular flexibility index (Phi) is 1.97. The molecule has 0 spiro atoms. The molecule has 0 radical (unpaired) electrons. The monoisotopic (exact) mass is 199 g/mol. The number of amidine groups is 1.